The number of nitrogens with one attached hydrogen (secondary N) is 1. The van der Waals surface area contributed by atoms with Gasteiger partial charge in [-0.1, -0.05) is 50.2 Å². The molecule has 3 N–H and O–H groups in total. The second-order valence-electron chi connectivity index (χ2n) is 7.74. The monoisotopic (exact) mass is 372 g/mol. The van der Waals surface area contributed by atoms with Gasteiger partial charge in [0.05, 0.1) is 17.5 Å². The van der Waals surface area contributed by atoms with E-state index < -0.39 is 5.41 Å². The van der Waals surface area contributed by atoms with E-state index in [0.29, 0.717) is 12.1 Å². The fourth-order valence-electron chi connectivity index (χ4n) is 3.00. The van der Waals surface area contributed by atoms with Crippen molar-refractivity contribution in [3.05, 3.63) is 35.4 Å². The molecule has 7 heteroatoms. The number of amidine groups is 1. The van der Waals surface area contributed by atoms with E-state index in [9.17, 15) is 9.59 Å². The molecule has 2 atom stereocenters. The van der Waals surface area contributed by atoms with Crippen molar-refractivity contribution in [1.29, 1.82) is 5.41 Å². The van der Waals surface area contributed by atoms with Crippen molar-refractivity contribution in [3.63, 3.8) is 0 Å². The average Bonchev–Trinajstić information content (AvgIpc) is 2.89. The van der Waals surface area contributed by atoms with Crippen LogP contribution in [-0.2, 0) is 14.4 Å². The third-order valence-electron chi connectivity index (χ3n) is 5.18. The normalized spacial score (nSPS) is 19.0. The lowest BCUT2D eigenvalue weighted by Crippen LogP contribution is -2.40. The largest absolute Gasteiger partial charge is 0.391 e. The third-order valence-corrected chi connectivity index (χ3v) is 5.18. The van der Waals surface area contributed by atoms with Crippen LogP contribution in [0.4, 0.5) is 0 Å². The van der Waals surface area contributed by atoms with E-state index in [1.165, 1.54) is 6.92 Å². The van der Waals surface area contributed by atoms with Crippen LogP contribution >= 0.6 is 0 Å². The van der Waals surface area contributed by atoms with Crippen LogP contribution in [0.25, 0.3) is 0 Å². The molecule has 1 amide bonds. The van der Waals surface area contributed by atoms with Crippen LogP contribution in [0.15, 0.2) is 29.4 Å². The topological polar surface area (TPSA) is 109 Å². The zero-order chi connectivity index (χ0) is 20.4. The molecule has 2 unspecified atom stereocenters. The van der Waals surface area contributed by atoms with Crippen molar-refractivity contribution >= 4 is 23.2 Å². The van der Waals surface area contributed by atoms with Crippen LogP contribution in [0.2, 0.25) is 0 Å². The molecule has 2 rings (SSSR count). The summed E-state index contributed by atoms with van der Waals surface area (Å²) in [4.78, 5) is 31.1. The second-order valence-corrected chi connectivity index (χ2v) is 7.74. The van der Waals surface area contributed by atoms with E-state index in [1.54, 1.807) is 24.1 Å². The molecule has 1 aliphatic rings. The maximum Gasteiger partial charge on any atom is 0.226 e. The smallest absolute Gasteiger partial charge is 0.226 e. The van der Waals surface area contributed by atoms with Gasteiger partial charge in [-0.05, 0) is 6.92 Å². The highest BCUT2D eigenvalue weighted by Crippen LogP contribution is 2.36. The van der Waals surface area contributed by atoms with Crippen LogP contribution in [0.3, 0.4) is 0 Å². The predicted octanol–water partition coefficient (Wildman–Crippen LogP) is 2.17. The highest BCUT2D eigenvalue weighted by Gasteiger charge is 2.44. The van der Waals surface area contributed by atoms with Crippen molar-refractivity contribution in [2.24, 2.45) is 22.2 Å². The number of benzene rings is 1. The summed E-state index contributed by atoms with van der Waals surface area (Å²) >= 11 is 0. The number of hydrogen-bond acceptors (Lipinski definition) is 5. The Morgan fingerprint density at radius 3 is 2.44 bits per heavy atom. The lowest BCUT2D eigenvalue weighted by atomic mass is 9.78. The Kier molecular flexibility index (Phi) is 6.03. The lowest BCUT2D eigenvalue weighted by Gasteiger charge is -2.28. The Hall–Kier alpha value is -2.70. The summed E-state index contributed by atoms with van der Waals surface area (Å²) in [6.07, 6.45) is -0.199. The minimum absolute atomic E-state index is 0.0109. The number of oxime groups is 1. The summed E-state index contributed by atoms with van der Waals surface area (Å²) in [5.74, 6) is -0.198. The first kappa shape index (κ1) is 20.6. The van der Waals surface area contributed by atoms with Gasteiger partial charge < -0.3 is 15.5 Å². The Labute approximate surface area is 160 Å². The number of nitrogens with two attached hydrogens (primary N) is 1. The molecule has 0 saturated heterocycles. The van der Waals surface area contributed by atoms with E-state index in [-0.39, 0.29) is 36.0 Å². The number of amides is 1. The second kappa shape index (κ2) is 7.90. The summed E-state index contributed by atoms with van der Waals surface area (Å²) < 4.78 is 0. The molecule has 1 aromatic rings. The highest BCUT2D eigenvalue weighted by molar-refractivity contribution is 6.06. The van der Waals surface area contributed by atoms with Crippen molar-refractivity contribution in [2.45, 2.75) is 40.2 Å². The minimum Gasteiger partial charge on any atom is -0.391 e. The van der Waals surface area contributed by atoms with Crippen LogP contribution in [0.1, 0.15) is 45.2 Å². The molecule has 0 radical (unpaired) electrons. The molecular weight excluding hydrogens is 344 g/mol. The first-order valence-corrected chi connectivity index (χ1v) is 8.97. The van der Waals surface area contributed by atoms with Crippen molar-refractivity contribution in [2.75, 3.05) is 13.6 Å². The van der Waals surface area contributed by atoms with Crippen molar-refractivity contribution < 1.29 is 14.4 Å². The minimum atomic E-state index is -0.458. The van der Waals surface area contributed by atoms with Gasteiger partial charge in [0, 0.05) is 30.6 Å². The Morgan fingerprint density at radius 1 is 1.33 bits per heavy atom. The average molecular weight is 372 g/mol. The predicted molar refractivity (Wildman–Crippen MR) is 105 cm³/mol. The summed E-state index contributed by atoms with van der Waals surface area (Å²) in [5.41, 5.74) is 7.31. The molecule has 27 heavy (non-hydrogen) atoms. The first-order chi connectivity index (χ1) is 12.5. The van der Waals surface area contributed by atoms with Crippen molar-refractivity contribution in [3.8, 4) is 0 Å². The fraction of sp³-hybridized carbons (Fsp3) is 0.500. The summed E-state index contributed by atoms with van der Waals surface area (Å²) in [5, 5.41) is 11.7. The molecule has 0 bridgehead atoms. The van der Waals surface area contributed by atoms with Gasteiger partial charge in [-0.15, -0.1) is 0 Å². The summed E-state index contributed by atoms with van der Waals surface area (Å²) in [6.45, 7) is 7.72. The van der Waals surface area contributed by atoms with Crippen LogP contribution in [0, 0.1) is 16.7 Å². The maximum absolute atomic E-state index is 12.6. The molecule has 0 aromatic heterocycles. The number of carbonyl (C=O) groups is 2. The van der Waals surface area contributed by atoms with E-state index >= 15 is 0 Å². The number of Topliss-reactive ketones (excluding diaryl/α,β-unsaturated/α-hetero) is 1. The van der Waals surface area contributed by atoms with E-state index in [2.05, 4.69) is 5.16 Å². The number of nitrogen functional groups attached to an aromatic ring is 1. The molecule has 146 valence electrons. The highest BCUT2D eigenvalue weighted by atomic mass is 16.6. The number of ketones is 1. The van der Waals surface area contributed by atoms with Gasteiger partial charge in [0.15, 0.2) is 0 Å². The number of rotatable bonds is 7. The van der Waals surface area contributed by atoms with Gasteiger partial charge in [-0.3, -0.25) is 15.0 Å². The SMILES string of the molecule is CC(=O)C(C)CN(C)C(=O)CC1ON=C(c2ccc(C(=N)N)cc2)C1(C)C. The molecule has 0 fully saturated rings. The van der Waals surface area contributed by atoms with Gasteiger partial charge in [0.25, 0.3) is 0 Å². The van der Waals surface area contributed by atoms with Crippen LogP contribution < -0.4 is 5.73 Å². The molecule has 0 spiro atoms. The molecule has 7 nitrogen and oxygen atoms in total. The van der Waals surface area contributed by atoms with Gasteiger partial charge in [-0.25, -0.2) is 0 Å². The molecule has 0 aliphatic carbocycles. The van der Waals surface area contributed by atoms with Gasteiger partial charge in [0.1, 0.15) is 17.7 Å². The molecule has 0 saturated carbocycles. The van der Waals surface area contributed by atoms with Gasteiger partial charge in [0.2, 0.25) is 5.91 Å². The maximum atomic E-state index is 12.6. The quantitative estimate of drug-likeness (QED) is 0.565. The van der Waals surface area contributed by atoms with Crippen LogP contribution in [-0.4, -0.2) is 47.8 Å². The molecule has 1 heterocycles. The van der Waals surface area contributed by atoms with Gasteiger partial charge in [-0.2, -0.15) is 0 Å². The Balaban J connectivity index is 2.06. The standard InChI is InChI=1S/C20H28N4O3/c1-12(13(2)25)11-24(5)17(26)10-16-20(3,4)18(23-27-16)14-6-8-15(9-7-14)19(21)22/h6-9,12,16H,10-11H2,1-5H3,(H3,21,22). The van der Waals surface area contributed by atoms with Gasteiger partial charge >= 0.3 is 0 Å². The number of hydrogen-bond donors (Lipinski definition) is 2. The lowest BCUT2D eigenvalue weighted by molar-refractivity contribution is -0.135. The zero-order valence-corrected chi connectivity index (χ0v) is 16.6. The molecular formula is C20H28N4O3. The van der Waals surface area contributed by atoms with E-state index in [0.717, 1.165) is 11.3 Å². The fourth-order valence-corrected chi connectivity index (χ4v) is 3.00. The van der Waals surface area contributed by atoms with Crippen LogP contribution in [0.5, 0.6) is 0 Å². The van der Waals surface area contributed by atoms with Crippen molar-refractivity contribution in [1.82, 2.24) is 4.90 Å². The molecule has 1 aliphatic heterocycles. The Morgan fingerprint density at radius 2 is 1.93 bits per heavy atom. The van der Waals surface area contributed by atoms with E-state index in [4.69, 9.17) is 16.0 Å². The zero-order valence-electron chi connectivity index (χ0n) is 16.6. The number of carbonyl (C=O) groups excluding carboxylic acids is 2. The molecule has 1 aromatic carbocycles. The first-order valence-electron chi connectivity index (χ1n) is 8.97. The number of nitrogens with zero attached hydrogens (tertiary/aromatic N) is 2. The van der Waals surface area contributed by atoms with E-state index in [1.807, 2.05) is 32.9 Å². The summed E-state index contributed by atoms with van der Waals surface area (Å²) in [7, 11) is 1.70. The third kappa shape index (κ3) is 4.53. The Bertz CT molecular complexity index is 768. The summed E-state index contributed by atoms with van der Waals surface area (Å²) in [6, 6.07) is 7.24.